The van der Waals surface area contributed by atoms with Gasteiger partial charge in [-0.2, -0.15) is 5.26 Å². The van der Waals surface area contributed by atoms with Crippen LogP contribution >= 0.6 is 0 Å². The van der Waals surface area contributed by atoms with Crippen LogP contribution in [-0.2, 0) is 9.59 Å². The molecule has 1 aromatic rings. The Balaban J connectivity index is 2.03. The predicted octanol–water partition coefficient (Wildman–Crippen LogP) is 1.71. The molecule has 0 unspecified atom stereocenters. The topological polar surface area (TPSA) is 132 Å². The smallest absolute Gasteiger partial charge is 0.268 e. The van der Waals surface area contributed by atoms with Crippen molar-refractivity contribution >= 4 is 23.6 Å². The van der Waals surface area contributed by atoms with Gasteiger partial charge in [-0.15, -0.1) is 0 Å². The van der Waals surface area contributed by atoms with E-state index in [-0.39, 0.29) is 5.57 Å². The monoisotopic (exact) mass is 433 g/mol. The molecule has 0 spiro atoms. The van der Waals surface area contributed by atoms with E-state index < -0.39 is 43.3 Å². The number of likely N-dealkylation sites (tertiary alicyclic amines) is 1. The van der Waals surface area contributed by atoms with Crippen molar-refractivity contribution in [3.8, 4) is 11.8 Å². The molecule has 10 heteroatoms. The van der Waals surface area contributed by atoms with Crippen LogP contribution in [0.2, 0.25) is 0 Å². The van der Waals surface area contributed by atoms with E-state index in [4.69, 9.17) is 21.1 Å². The summed E-state index contributed by atoms with van der Waals surface area (Å²) in [5.41, 5.74) is 6.02. The molecule has 166 valence electrons. The molecule has 1 atom stereocenters. The number of unbranched alkanes of at least 4 members (excludes halogenated alkanes) is 1. The Morgan fingerprint density at radius 2 is 2.19 bits per heavy atom. The summed E-state index contributed by atoms with van der Waals surface area (Å²) in [5.74, 6) is -4.03. The van der Waals surface area contributed by atoms with E-state index in [1.807, 2.05) is 0 Å². The highest BCUT2D eigenvalue weighted by atomic mass is 19.3. The number of benzene rings is 1. The molecule has 1 aliphatic rings. The molecule has 1 aliphatic heterocycles. The quantitative estimate of drug-likeness (QED) is 0.294. The van der Waals surface area contributed by atoms with Crippen LogP contribution in [0.25, 0.3) is 5.57 Å². The zero-order chi connectivity index (χ0) is 22.9. The van der Waals surface area contributed by atoms with Crippen molar-refractivity contribution < 1.29 is 23.1 Å². The van der Waals surface area contributed by atoms with E-state index in [9.17, 15) is 18.4 Å². The summed E-state index contributed by atoms with van der Waals surface area (Å²) >= 11 is 0. The van der Waals surface area contributed by atoms with Crippen molar-refractivity contribution in [2.24, 2.45) is 5.73 Å². The first-order valence-electron chi connectivity index (χ1n) is 9.80. The number of hydrogen-bond donors (Lipinski definition) is 3. The maximum absolute atomic E-state index is 13.5. The van der Waals surface area contributed by atoms with E-state index in [2.05, 4.69) is 5.32 Å². The van der Waals surface area contributed by atoms with E-state index in [0.29, 0.717) is 24.5 Å². The number of nitrogens with zero attached hydrogens (tertiary/aromatic N) is 2. The Morgan fingerprint density at radius 1 is 1.42 bits per heavy atom. The van der Waals surface area contributed by atoms with Crippen LogP contribution in [0.3, 0.4) is 0 Å². The molecule has 0 radical (unpaired) electrons. The zero-order valence-electron chi connectivity index (χ0n) is 16.9. The molecule has 0 aromatic heterocycles. The highest BCUT2D eigenvalue weighted by molar-refractivity contribution is 6.22. The Hall–Kier alpha value is -3.32. The van der Waals surface area contributed by atoms with Gasteiger partial charge in [-0.25, -0.2) is 8.78 Å². The van der Waals surface area contributed by atoms with Gasteiger partial charge in [-0.3, -0.25) is 9.59 Å². The number of hydrogen-bond acceptors (Lipinski definition) is 6. The summed E-state index contributed by atoms with van der Waals surface area (Å²) in [4.78, 5) is 25.7. The van der Waals surface area contributed by atoms with Crippen molar-refractivity contribution in [2.75, 3.05) is 26.2 Å². The van der Waals surface area contributed by atoms with E-state index in [0.717, 1.165) is 24.0 Å². The molecule has 2 rings (SSSR count). The number of alkyl halides is 2. The first-order valence-corrected chi connectivity index (χ1v) is 9.80. The van der Waals surface area contributed by atoms with E-state index in [1.165, 1.54) is 6.08 Å². The minimum absolute atomic E-state index is 0.110. The summed E-state index contributed by atoms with van der Waals surface area (Å²) in [7, 11) is 0. The summed E-state index contributed by atoms with van der Waals surface area (Å²) in [6.45, 7) is -0.366. The Bertz CT molecular complexity index is 882. The molecule has 0 aliphatic carbocycles. The SMILES string of the molecule is N#C[C@@H]1CC(F)(F)CN1C(=O)CNC(=O)/C(=C/C=N)c1cccc(OCCCCN)c1. The number of halogens is 2. The molecule has 1 saturated heterocycles. The number of nitrogens with one attached hydrogen (secondary N) is 2. The van der Waals surface area contributed by atoms with Gasteiger partial charge < -0.3 is 26.1 Å². The Labute approximate surface area is 179 Å². The minimum Gasteiger partial charge on any atom is -0.494 e. The second-order valence-corrected chi connectivity index (χ2v) is 7.03. The van der Waals surface area contributed by atoms with Crippen molar-refractivity contribution in [1.29, 1.82) is 10.7 Å². The summed E-state index contributed by atoms with van der Waals surface area (Å²) in [6, 6.07) is 7.15. The number of ether oxygens (including phenoxy) is 1. The van der Waals surface area contributed by atoms with Crippen LogP contribution in [0.15, 0.2) is 30.3 Å². The van der Waals surface area contributed by atoms with Gasteiger partial charge in [-0.1, -0.05) is 12.1 Å². The van der Waals surface area contributed by atoms with Crippen LogP contribution in [-0.4, -0.2) is 61.1 Å². The van der Waals surface area contributed by atoms with Crippen LogP contribution < -0.4 is 15.8 Å². The summed E-state index contributed by atoms with van der Waals surface area (Å²) in [5, 5.41) is 18.7. The van der Waals surface area contributed by atoms with Crippen LogP contribution in [0.1, 0.15) is 24.8 Å². The minimum atomic E-state index is -3.13. The number of nitrogens with two attached hydrogens (primary N) is 1. The molecule has 1 aromatic carbocycles. The lowest BCUT2D eigenvalue weighted by molar-refractivity contribution is -0.133. The molecule has 0 bridgehead atoms. The van der Waals surface area contributed by atoms with E-state index in [1.54, 1.807) is 30.3 Å². The van der Waals surface area contributed by atoms with Crippen molar-refractivity contribution in [3.05, 3.63) is 35.9 Å². The lowest BCUT2D eigenvalue weighted by atomic mass is 10.0. The number of carbonyl (C=O) groups is 2. The molecule has 31 heavy (non-hydrogen) atoms. The lowest BCUT2D eigenvalue weighted by Gasteiger charge is -2.19. The molecule has 2 amide bonds. The molecule has 1 heterocycles. The summed E-state index contributed by atoms with van der Waals surface area (Å²) < 4.78 is 32.7. The van der Waals surface area contributed by atoms with Gasteiger partial charge in [-0.05, 0) is 43.2 Å². The van der Waals surface area contributed by atoms with Gasteiger partial charge in [0.15, 0.2) is 0 Å². The number of allylic oxidation sites excluding steroid dienone is 1. The Morgan fingerprint density at radius 3 is 2.87 bits per heavy atom. The highest BCUT2D eigenvalue weighted by Gasteiger charge is 2.47. The number of amides is 2. The number of carbonyl (C=O) groups excluding carboxylic acids is 2. The number of nitriles is 1. The maximum Gasteiger partial charge on any atom is 0.268 e. The van der Waals surface area contributed by atoms with Crippen molar-refractivity contribution in [2.45, 2.75) is 31.2 Å². The first-order chi connectivity index (χ1) is 14.8. The molecule has 4 N–H and O–H groups in total. The summed E-state index contributed by atoms with van der Waals surface area (Å²) in [6.07, 6.45) is 3.07. The fourth-order valence-electron chi connectivity index (χ4n) is 3.12. The average molecular weight is 433 g/mol. The third-order valence-electron chi connectivity index (χ3n) is 4.65. The fourth-order valence-corrected chi connectivity index (χ4v) is 3.12. The molecule has 0 saturated carbocycles. The fraction of sp³-hybridized carbons (Fsp3) is 0.429. The lowest BCUT2D eigenvalue weighted by Crippen LogP contribution is -2.43. The van der Waals surface area contributed by atoms with E-state index >= 15 is 0 Å². The van der Waals surface area contributed by atoms with Gasteiger partial charge in [0, 0.05) is 18.2 Å². The van der Waals surface area contributed by atoms with Crippen molar-refractivity contribution in [1.82, 2.24) is 10.2 Å². The molecular weight excluding hydrogens is 408 g/mol. The normalized spacial score (nSPS) is 17.7. The van der Waals surface area contributed by atoms with Crippen LogP contribution in [0.5, 0.6) is 5.75 Å². The molecular formula is C21H25F2N5O3. The second kappa shape index (κ2) is 11.2. The van der Waals surface area contributed by atoms with Crippen LogP contribution in [0.4, 0.5) is 8.78 Å². The van der Waals surface area contributed by atoms with Crippen molar-refractivity contribution in [3.63, 3.8) is 0 Å². The van der Waals surface area contributed by atoms with Gasteiger partial charge in [0.05, 0.1) is 25.8 Å². The Kier molecular flexibility index (Phi) is 8.63. The molecule has 8 nitrogen and oxygen atoms in total. The second-order valence-electron chi connectivity index (χ2n) is 7.03. The number of rotatable bonds is 10. The average Bonchev–Trinajstić information content (AvgIpc) is 3.08. The van der Waals surface area contributed by atoms with Gasteiger partial charge in [0.1, 0.15) is 11.8 Å². The predicted molar refractivity (Wildman–Crippen MR) is 111 cm³/mol. The third kappa shape index (κ3) is 6.86. The maximum atomic E-state index is 13.5. The van der Waals surface area contributed by atoms with Gasteiger partial charge in [0.2, 0.25) is 5.91 Å². The zero-order valence-corrected chi connectivity index (χ0v) is 16.9. The van der Waals surface area contributed by atoms with Crippen LogP contribution in [0, 0.1) is 16.7 Å². The largest absolute Gasteiger partial charge is 0.494 e. The highest BCUT2D eigenvalue weighted by Crippen LogP contribution is 2.31. The standard InChI is InChI=1S/C21H25F2N5O3/c22-21(23)11-16(12-26)28(14-21)19(29)13-27-20(30)18(6-8-25)15-4-3-5-17(10-15)31-9-2-1-7-24/h3-6,8,10,16,25H,1-2,7,9,11,13-14,24H2,(H,27,30)/b18-6+,25-8?/t16-/m0/s1. The first kappa shape index (κ1) is 24.0. The third-order valence-corrected chi connectivity index (χ3v) is 4.65. The van der Waals surface area contributed by atoms with Gasteiger partial charge in [0.25, 0.3) is 11.8 Å². The molecule has 1 fully saturated rings. The van der Waals surface area contributed by atoms with Gasteiger partial charge >= 0.3 is 0 Å².